The predicted octanol–water partition coefficient (Wildman–Crippen LogP) is 4.24. The number of fused-ring (bicyclic) bond motifs is 1. The molecule has 1 heterocycles. The van der Waals surface area contributed by atoms with E-state index >= 15 is 0 Å². The molecule has 0 fully saturated rings. The average molecular weight is 447 g/mol. The molecule has 1 unspecified atom stereocenters. The third-order valence-corrected chi connectivity index (χ3v) is 7.82. The van der Waals surface area contributed by atoms with Crippen LogP contribution < -0.4 is 10.6 Å². The number of nitrogens with one attached hydrogen (secondary N) is 2. The molecule has 0 bridgehead atoms. The van der Waals surface area contributed by atoms with Gasteiger partial charge in [-0.2, -0.15) is 0 Å². The third kappa shape index (κ3) is 5.23. The fourth-order valence-electron chi connectivity index (χ4n) is 3.55. The van der Waals surface area contributed by atoms with Crippen molar-refractivity contribution in [2.24, 2.45) is 0 Å². The first-order valence-electron chi connectivity index (χ1n) is 9.76. The van der Waals surface area contributed by atoms with Crippen molar-refractivity contribution in [2.45, 2.75) is 55.6 Å². The van der Waals surface area contributed by atoms with Crippen LogP contribution in [-0.2, 0) is 19.4 Å². The second-order valence-electron chi connectivity index (χ2n) is 7.73. The SMILES string of the molecule is Cc1cc(C)c(NC(=O)CCS(=O)(=O)c2ccc3c(c2)NC(=O)CC(C)S3)c(C)c1. The van der Waals surface area contributed by atoms with Gasteiger partial charge in [0.1, 0.15) is 0 Å². The van der Waals surface area contributed by atoms with E-state index in [9.17, 15) is 18.0 Å². The lowest BCUT2D eigenvalue weighted by molar-refractivity contribution is -0.116. The van der Waals surface area contributed by atoms with E-state index in [0.717, 1.165) is 27.3 Å². The lowest BCUT2D eigenvalue weighted by Crippen LogP contribution is -2.19. The molecule has 160 valence electrons. The maximum absolute atomic E-state index is 12.8. The molecule has 8 heteroatoms. The highest BCUT2D eigenvalue weighted by Gasteiger charge is 2.23. The summed E-state index contributed by atoms with van der Waals surface area (Å²) in [6.07, 6.45) is 0.226. The Morgan fingerprint density at radius 3 is 2.50 bits per heavy atom. The zero-order valence-corrected chi connectivity index (χ0v) is 19.2. The highest BCUT2D eigenvalue weighted by molar-refractivity contribution is 8.00. The minimum atomic E-state index is -3.67. The van der Waals surface area contributed by atoms with Gasteiger partial charge in [-0.1, -0.05) is 24.6 Å². The van der Waals surface area contributed by atoms with Crippen molar-refractivity contribution >= 4 is 44.8 Å². The summed E-state index contributed by atoms with van der Waals surface area (Å²) in [5, 5.41) is 5.73. The first-order valence-corrected chi connectivity index (χ1v) is 12.3. The summed E-state index contributed by atoms with van der Waals surface area (Å²) < 4.78 is 25.6. The number of anilines is 2. The molecular formula is C22H26N2O4S2. The minimum absolute atomic E-state index is 0.104. The summed E-state index contributed by atoms with van der Waals surface area (Å²) in [5.41, 5.74) is 4.22. The van der Waals surface area contributed by atoms with Gasteiger partial charge in [-0.05, 0) is 50.1 Å². The van der Waals surface area contributed by atoms with Crippen molar-refractivity contribution in [3.8, 4) is 0 Å². The van der Waals surface area contributed by atoms with E-state index in [0.29, 0.717) is 12.1 Å². The van der Waals surface area contributed by atoms with Gasteiger partial charge in [0.2, 0.25) is 11.8 Å². The van der Waals surface area contributed by atoms with Gasteiger partial charge in [0, 0.05) is 28.7 Å². The Morgan fingerprint density at radius 2 is 1.83 bits per heavy atom. The molecule has 1 aliphatic heterocycles. The van der Waals surface area contributed by atoms with Crippen molar-refractivity contribution in [1.82, 2.24) is 0 Å². The fraction of sp³-hybridized carbons (Fsp3) is 0.364. The van der Waals surface area contributed by atoms with Crippen LogP contribution in [0.1, 0.15) is 36.5 Å². The number of sulfone groups is 1. The van der Waals surface area contributed by atoms with E-state index in [1.54, 1.807) is 6.07 Å². The number of amides is 2. The number of thioether (sulfide) groups is 1. The van der Waals surface area contributed by atoms with Gasteiger partial charge in [-0.25, -0.2) is 8.42 Å². The van der Waals surface area contributed by atoms with E-state index in [2.05, 4.69) is 10.6 Å². The molecule has 0 radical (unpaired) electrons. The van der Waals surface area contributed by atoms with Crippen LogP contribution in [0.5, 0.6) is 0 Å². The maximum Gasteiger partial charge on any atom is 0.225 e. The van der Waals surface area contributed by atoms with E-state index in [1.165, 1.54) is 23.9 Å². The quantitative estimate of drug-likeness (QED) is 0.717. The second kappa shape index (κ2) is 8.81. The van der Waals surface area contributed by atoms with Gasteiger partial charge in [0.05, 0.1) is 16.3 Å². The molecule has 0 aromatic heterocycles. The summed E-state index contributed by atoms with van der Waals surface area (Å²) in [4.78, 5) is 25.3. The molecule has 3 rings (SSSR count). The van der Waals surface area contributed by atoms with Crippen molar-refractivity contribution < 1.29 is 18.0 Å². The van der Waals surface area contributed by atoms with Crippen LogP contribution in [0, 0.1) is 20.8 Å². The highest BCUT2D eigenvalue weighted by Crippen LogP contribution is 2.36. The number of rotatable bonds is 5. The van der Waals surface area contributed by atoms with Crippen LogP contribution in [-0.4, -0.2) is 31.2 Å². The zero-order chi connectivity index (χ0) is 22.1. The van der Waals surface area contributed by atoms with Gasteiger partial charge in [-0.15, -0.1) is 11.8 Å². The van der Waals surface area contributed by atoms with Gasteiger partial charge in [-0.3, -0.25) is 9.59 Å². The molecule has 2 aromatic carbocycles. The lowest BCUT2D eigenvalue weighted by atomic mass is 10.1. The monoisotopic (exact) mass is 446 g/mol. The molecular weight excluding hydrogens is 420 g/mol. The lowest BCUT2D eigenvalue weighted by Gasteiger charge is -2.13. The Bertz CT molecular complexity index is 1090. The van der Waals surface area contributed by atoms with Crippen LogP contribution in [0.2, 0.25) is 0 Å². The molecule has 0 saturated carbocycles. The number of carbonyl (C=O) groups is 2. The van der Waals surface area contributed by atoms with Crippen molar-refractivity contribution in [1.29, 1.82) is 0 Å². The molecule has 2 amide bonds. The van der Waals surface area contributed by atoms with E-state index in [-0.39, 0.29) is 34.1 Å². The Labute approximate surface area is 181 Å². The van der Waals surface area contributed by atoms with Crippen LogP contribution in [0.15, 0.2) is 40.1 Å². The zero-order valence-electron chi connectivity index (χ0n) is 17.5. The van der Waals surface area contributed by atoms with Gasteiger partial charge >= 0.3 is 0 Å². The maximum atomic E-state index is 12.8. The molecule has 6 nitrogen and oxygen atoms in total. The van der Waals surface area contributed by atoms with E-state index in [1.807, 2.05) is 39.8 Å². The fourth-order valence-corrected chi connectivity index (χ4v) is 5.86. The third-order valence-electron chi connectivity index (χ3n) is 4.92. The molecule has 0 aliphatic carbocycles. The molecule has 0 spiro atoms. The molecule has 1 atom stereocenters. The normalized spacial score (nSPS) is 16.4. The number of carbonyl (C=O) groups excluding carboxylic acids is 2. The van der Waals surface area contributed by atoms with Crippen LogP contribution in [0.4, 0.5) is 11.4 Å². The Hall–Kier alpha value is -2.32. The summed E-state index contributed by atoms with van der Waals surface area (Å²) in [7, 11) is -3.67. The number of hydrogen-bond donors (Lipinski definition) is 2. The van der Waals surface area contributed by atoms with Crippen LogP contribution in [0.25, 0.3) is 0 Å². The standard InChI is InChI=1S/C22H26N2O4S2/c1-13-9-14(2)22(15(3)10-13)24-20(25)7-8-30(27,28)17-5-6-19-18(12-17)23-21(26)11-16(4)29-19/h5-6,9-10,12,16H,7-8,11H2,1-4H3,(H,23,26)(H,24,25). The molecule has 30 heavy (non-hydrogen) atoms. The first kappa shape index (κ1) is 22.4. The number of benzene rings is 2. The summed E-state index contributed by atoms with van der Waals surface area (Å²) in [6.45, 7) is 7.77. The summed E-state index contributed by atoms with van der Waals surface area (Å²) in [6, 6.07) is 8.69. The van der Waals surface area contributed by atoms with Crippen molar-refractivity contribution in [3.63, 3.8) is 0 Å². The smallest absolute Gasteiger partial charge is 0.225 e. The molecule has 2 N–H and O–H groups in total. The van der Waals surface area contributed by atoms with E-state index < -0.39 is 9.84 Å². The minimum Gasteiger partial charge on any atom is -0.326 e. The van der Waals surface area contributed by atoms with Crippen molar-refractivity contribution in [3.05, 3.63) is 47.0 Å². The Kier molecular flexibility index (Phi) is 6.57. The number of hydrogen-bond acceptors (Lipinski definition) is 5. The molecule has 1 aliphatic rings. The van der Waals surface area contributed by atoms with Gasteiger partial charge in [0.25, 0.3) is 0 Å². The van der Waals surface area contributed by atoms with Crippen molar-refractivity contribution in [2.75, 3.05) is 16.4 Å². The summed E-state index contributed by atoms with van der Waals surface area (Å²) >= 11 is 1.54. The predicted molar refractivity (Wildman–Crippen MR) is 121 cm³/mol. The largest absolute Gasteiger partial charge is 0.326 e. The van der Waals surface area contributed by atoms with Gasteiger partial charge in [0.15, 0.2) is 9.84 Å². The number of aryl methyl sites for hydroxylation is 3. The summed E-state index contributed by atoms with van der Waals surface area (Å²) in [5.74, 6) is -0.786. The van der Waals surface area contributed by atoms with E-state index in [4.69, 9.17) is 0 Å². The van der Waals surface area contributed by atoms with Gasteiger partial charge < -0.3 is 10.6 Å². The van der Waals surface area contributed by atoms with Crippen LogP contribution in [0.3, 0.4) is 0 Å². The first-order chi connectivity index (χ1) is 14.0. The molecule has 0 saturated heterocycles. The highest BCUT2D eigenvalue weighted by atomic mass is 32.2. The van der Waals surface area contributed by atoms with Crippen LogP contribution >= 0.6 is 11.8 Å². The Balaban J connectivity index is 1.71. The molecule has 2 aromatic rings. The second-order valence-corrected chi connectivity index (χ2v) is 11.3. The average Bonchev–Trinajstić information content (AvgIpc) is 2.78. The topological polar surface area (TPSA) is 92.3 Å². The Morgan fingerprint density at radius 1 is 1.17 bits per heavy atom.